The largest absolute Gasteiger partial charge is 0.330 e. The molecule has 0 heterocycles. The molecule has 5 nitrogen and oxygen atoms in total. The Morgan fingerprint density at radius 2 is 1.38 bits per heavy atom. The maximum absolute atomic E-state index is 11.3. The standard InChI is InChI=1S/C18H30O3S.C5H14N2/c1-2-3-4-5-6-7-8-9-10-11-14-17-15-12-13-16-18(17)22(19,20)21;1-7(2)5-3-4-6/h12-13,15-16H,2-11,14H2,1H3,(H,19,20,21);3-6H2,1-2H3. The lowest BCUT2D eigenvalue weighted by Gasteiger charge is -2.07. The van der Waals surface area contributed by atoms with E-state index in [1.54, 1.807) is 12.1 Å². The van der Waals surface area contributed by atoms with Crippen molar-refractivity contribution in [2.45, 2.75) is 88.9 Å². The number of nitrogens with two attached hydrogens (primary N) is 1. The van der Waals surface area contributed by atoms with Crippen LogP contribution in [0.1, 0.15) is 83.1 Å². The zero-order valence-electron chi connectivity index (χ0n) is 18.9. The molecular formula is C23H44N2O3S. The van der Waals surface area contributed by atoms with Gasteiger partial charge in [0.05, 0.1) is 4.90 Å². The third-order valence-corrected chi connectivity index (χ3v) is 5.81. The normalized spacial score (nSPS) is 11.4. The van der Waals surface area contributed by atoms with Crippen LogP contribution in [0.3, 0.4) is 0 Å². The van der Waals surface area contributed by atoms with Gasteiger partial charge in [-0.05, 0) is 58.1 Å². The lowest BCUT2D eigenvalue weighted by atomic mass is 10.0. The minimum absolute atomic E-state index is 0.0610. The van der Waals surface area contributed by atoms with Crippen molar-refractivity contribution in [3.63, 3.8) is 0 Å². The molecule has 0 atom stereocenters. The highest BCUT2D eigenvalue weighted by molar-refractivity contribution is 7.85. The Kier molecular flexibility index (Phi) is 17.3. The minimum Gasteiger partial charge on any atom is -0.330 e. The molecule has 0 aliphatic carbocycles. The molecule has 0 amide bonds. The van der Waals surface area contributed by atoms with E-state index in [0.29, 0.717) is 6.42 Å². The van der Waals surface area contributed by atoms with Gasteiger partial charge >= 0.3 is 0 Å². The highest BCUT2D eigenvalue weighted by Crippen LogP contribution is 2.18. The molecule has 1 aromatic carbocycles. The molecule has 0 radical (unpaired) electrons. The van der Waals surface area contributed by atoms with E-state index in [1.165, 1.54) is 57.4 Å². The fraction of sp³-hybridized carbons (Fsp3) is 0.739. The van der Waals surface area contributed by atoms with E-state index >= 15 is 0 Å². The Morgan fingerprint density at radius 3 is 1.83 bits per heavy atom. The van der Waals surface area contributed by atoms with Crippen molar-refractivity contribution in [1.29, 1.82) is 0 Å². The number of hydrogen-bond donors (Lipinski definition) is 2. The Hall–Kier alpha value is -0.950. The topological polar surface area (TPSA) is 83.6 Å². The van der Waals surface area contributed by atoms with Gasteiger partial charge < -0.3 is 10.6 Å². The van der Waals surface area contributed by atoms with Gasteiger partial charge in [-0.15, -0.1) is 0 Å². The fourth-order valence-electron chi connectivity index (χ4n) is 3.17. The molecule has 29 heavy (non-hydrogen) atoms. The van der Waals surface area contributed by atoms with Crippen LogP contribution >= 0.6 is 0 Å². The first-order valence-electron chi connectivity index (χ1n) is 11.2. The van der Waals surface area contributed by atoms with E-state index in [4.69, 9.17) is 5.73 Å². The third-order valence-electron chi connectivity index (χ3n) is 4.86. The molecule has 170 valence electrons. The second-order valence-electron chi connectivity index (χ2n) is 7.96. The molecule has 0 fully saturated rings. The highest BCUT2D eigenvalue weighted by atomic mass is 32.2. The van der Waals surface area contributed by atoms with Gasteiger partial charge in [-0.2, -0.15) is 8.42 Å². The van der Waals surface area contributed by atoms with Gasteiger partial charge in [0.15, 0.2) is 0 Å². The summed E-state index contributed by atoms with van der Waals surface area (Å²) in [6, 6.07) is 6.73. The van der Waals surface area contributed by atoms with E-state index in [0.717, 1.165) is 37.9 Å². The van der Waals surface area contributed by atoms with E-state index < -0.39 is 10.1 Å². The molecule has 1 aromatic rings. The Labute approximate surface area is 179 Å². The van der Waals surface area contributed by atoms with Crippen LogP contribution < -0.4 is 5.73 Å². The van der Waals surface area contributed by atoms with Gasteiger partial charge in [-0.1, -0.05) is 82.9 Å². The van der Waals surface area contributed by atoms with Crippen LogP contribution in [-0.4, -0.2) is 45.1 Å². The number of unbranched alkanes of at least 4 members (excludes halogenated alkanes) is 9. The zero-order chi connectivity index (χ0) is 22.0. The molecule has 0 aliphatic rings. The molecule has 0 aliphatic heterocycles. The summed E-state index contributed by atoms with van der Waals surface area (Å²) in [6.45, 7) is 4.15. The van der Waals surface area contributed by atoms with Gasteiger partial charge in [-0.25, -0.2) is 0 Å². The predicted octanol–water partition coefficient (Wildman–Crippen LogP) is 5.29. The summed E-state index contributed by atoms with van der Waals surface area (Å²) >= 11 is 0. The van der Waals surface area contributed by atoms with Crippen molar-refractivity contribution in [3.05, 3.63) is 29.8 Å². The number of nitrogens with zero attached hydrogens (tertiary/aromatic N) is 1. The maximum Gasteiger partial charge on any atom is 0.294 e. The highest BCUT2D eigenvalue weighted by Gasteiger charge is 2.13. The van der Waals surface area contributed by atoms with Crippen LogP contribution in [0, 0.1) is 0 Å². The van der Waals surface area contributed by atoms with Crippen LogP contribution in [0.4, 0.5) is 0 Å². The summed E-state index contributed by atoms with van der Waals surface area (Å²) in [4.78, 5) is 2.19. The van der Waals surface area contributed by atoms with E-state index in [1.807, 2.05) is 6.07 Å². The number of benzene rings is 1. The molecule has 3 N–H and O–H groups in total. The van der Waals surface area contributed by atoms with Crippen molar-refractivity contribution in [2.75, 3.05) is 27.2 Å². The van der Waals surface area contributed by atoms with Crippen molar-refractivity contribution in [2.24, 2.45) is 5.73 Å². The monoisotopic (exact) mass is 428 g/mol. The molecule has 0 spiro atoms. The van der Waals surface area contributed by atoms with E-state index in [-0.39, 0.29) is 4.90 Å². The predicted molar refractivity (Wildman–Crippen MR) is 124 cm³/mol. The summed E-state index contributed by atoms with van der Waals surface area (Å²) < 4.78 is 31.8. The summed E-state index contributed by atoms with van der Waals surface area (Å²) in [5, 5.41) is 0. The van der Waals surface area contributed by atoms with Gasteiger partial charge in [0.25, 0.3) is 10.1 Å². The van der Waals surface area contributed by atoms with Crippen molar-refractivity contribution < 1.29 is 13.0 Å². The first-order chi connectivity index (χ1) is 13.8. The quantitative estimate of drug-likeness (QED) is 0.293. The van der Waals surface area contributed by atoms with Crippen molar-refractivity contribution >= 4 is 10.1 Å². The SMILES string of the molecule is CCCCCCCCCCCCc1ccccc1S(=O)(=O)O.CN(C)CCCN. The Balaban J connectivity index is 0.000000956. The molecule has 0 bridgehead atoms. The van der Waals surface area contributed by atoms with Crippen LogP contribution in [0.5, 0.6) is 0 Å². The van der Waals surface area contributed by atoms with Gasteiger partial charge in [0.1, 0.15) is 0 Å². The van der Waals surface area contributed by atoms with Crippen LogP contribution in [-0.2, 0) is 16.5 Å². The number of aryl methyl sites for hydroxylation is 1. The third kappa shape index (κ3) is 16.5. The summed E-state index contributed by atoms with van der Waals surface area (Å²) in [6.07, 6.45) is 14.4. The zero-order valence-corrected chi connectivity index (χ0v) is 19.7. The average Bonchev–Trinajstić information content (AvgIpc) is 2.68. The summed E-state index contributed by atoms with van der Waals surface area (Å²) in [5.74, 6) is 0. The Morgan fingerprint density at radius 1 is 0.862 bits per heavy atom. The summed E-state index contributed by atoms with van der Waals surface area (Å²) in [5.41, 5.74) is 5.98. The lowest BCUT2D eigenvalue weighted by Crippen LogP contribution is -2.16. The molecule has 0 unspecified atom stereocenters. The number of rotatable bonds is 15. The summed E-state index contributed by atoms with van der Waals surface area (Å²) in [7, 11) is 0.00655. The first kappa shape index (κ1) is 28.1. The molecule has 0 aromatic heterocycles. The number of hydrogen-bond acceptors (Lipinski definition) is 4. The van der Waals surface area contributed by atoms with Crippen molar-refractivity contribution in [3.8, 4) is 0 Å². The van der Waals surface area contributed by atoms with Gasteiger partial charge in [-0.3, -0.25) is 4.55 Å². The first-order valence-corrected chi connectivity index (χ1v) is 12.7. The second-order valence-corrected chi connectivity index (χ2v) is 9.35. The van der Waals surface area contributed by atoms with E-state index in [9.17, 15) is 13.0 Å². The second kappa shape index (κ2) is 17.9. The van der Waals surface area contributed by atoms with Crippen LogP contribution in [0.25, 0.3) is 0 Å². The lowest BCUT2D eigenvalue weighted by molar-refractivity contribution is 0.403. The maximum atomic E-state index is 11.3. The van der Waals surface area contributed by atoms with E-state index in [2.05, 4.69) is 25.9 Å². The van der Waals surface area contributed by atoms with Crippen LogP contribution in [0.15, 0.2) is 29.2 Å². The van der Waals surface area contributed by atoms with Gasteiger partial charge in [0.2, 0.25) is 0 Å². The van der Waals surface area contributed by atoms with Gasteiger partial charge in [0, 0.05) is 0 Å². The Bertz CT molecular complexity index is 604. The van der Waals surface area contributed by atoms with Crippen molar-refractivity contribution in [1.82, 2.24) is 4.90 Å². The average molecular weight is 429 g/mol. The molecule has 0 saturated heterocycles. The smallest absolute Gasteiger partial charge is 0.294 e. The molecular weight excluding hydrogens is 384 g/mol. The molecule has 1 rings (SSSR count). The molecule has 6 heteroatoms. The van der Waals surface area contributed by atoms with Crippen LogP contribution in [0.2, 0.25) is 0 Å². The molecule has 0 saturated carbocycles. The fourth-order valence-corrected chi connectivity index (χ4v) is 3.92. The minimum atomic E-state index is -4.10.